The Morgan fingerprint density at radius 1 is 1.53 bits per heavy atom. The number of carbonyl (C=O) groups excluding carboxylic acids is 1. The zero-order valence-corrected chi connectivity index (χ0v) is 12.4. The molecule has 19 heavy (non-hydrogen) atoms. The quantitative estimate of drug-likeness (QED) is 0.783. The predicted octanol–water partition coefficient (Wildman–Crippen LogP) is 1.64. The Morgan fingerprint density at radius 3 is 2.79 bits per heavy atom. The number of aryl methyl sites for hydroxylation is 1. The standard InChI is InChI=1S/C11H16N2O4S2/c1-3-17-11(14)10-7(2)6-9(18-10)13-19(15,16)12-8-4-5-8/h6,8,12-13H,3-5H2,1-2H3. The van der Waals surface area contributed by atoms with Crippen LogP contribution < -0.4 is 9.44 Å². The van der Waals surface area contributed by atoms with Gasteiger partial charge in [0.1, 0.15) is 9.88 Å². The van der Waals surface area contributed by atoms with Gasteiger partial charge < -0.3 is 4.74 Å². The first kappa shape index (κ1) is 14.3. The van der Waals surface area contributed by atoms with E-state index >= 15 is 0 Å². The first-order valence-corrected chi connectivity index (χ1v) is 8.29. The van der Waals surface area contributed by atoms with Gasteiger partial charge in [-0.25, -0.2) is 4.79 Å². The van der Waals surface area contributed by atoms with Gasteiger partial charge in [-0.05, 0) is 38.3 Å². The average Bonchev–Trinajstić information content (AvgIpc) is 3.00. The third-order valence-electron chi connectivity index (χ3n) is 2.51. The van der Waals surface area contributed by atoms with Crippen molar-refractivity contribution in [3.05, 3.63) is 16.5 Å². The van der Waals surface area contributed by atoms with Crippen molar-refractivity contribution in [2.24, 2.45) is 0 Å². The number of hydrogen-bond acceptors (Lipinski definition) is 5. The van der Waals surface area contributed by atoms with Gasteiger partial charge in [0.25, 0.3) is 10.2 Å². The lowest BCUT2D eigenvalue weighted by molar-refractivity contribution is 0.0531. The van der Waals surface area contributed by atoms with Crippen molar-refractivity contribution in [2.75, 3.05) is 11.3 Å². The topological polar surface area (TPSA) is 84.5 Å². The summed E-state index contributed by atoms with van der Waals surface area (Å²) in [5.41, 5.74) is 0.701. The van der Waals surface area contributed by atoms with Crippen LogP contribution in [-0.4, -0.2) is 27.0 Å². The molecule has 0 unspecified atom stereocenters. The fourth-order valence-electron chi connectivity index (χ4n) is 1.51. The van der Waals surface area contributed by atoms with Crippen LogP contribution in [-0.2, 0) is 14.9 Å². The van der Waals surface area contributed by atoms with Crippen LogP contribution in [0.4, 0.5) is 5.00 Å². The Morgan fingerprint density at radius 2 is 2.21 bits per heavy atom. The molecule has 1 aliphatic rings. The van der Waals surface area contributed by atoms with E-state index in [9.17, 15) is 13.2 Å². The molecule has 106 valence electrons. The minimum Gasteiger partial charge on any atom is -0.462 e. The molecule has 1 saturated carbocycles. The van der Waals surface area contributed by atoms with Crippen LogP contribution in [0.5, 0.6) is 0 Å². The second-order valence-corrected chi connectivity index (χ2v) is 6.84. The van der Waals surface area contributed by atoms with E-state index in [2.05, 4.69) is 9.44 Å². The lowest BCUT2D eigenvalue weighted by atomic mass is 10.3. The maximum atomic E-state index is 11.7. The molecule has 1 fully saturated rings. The van der Waals surface area contributed by atoms with Gasteiger partial charge in [0.2, 0.25) is 0 Å². The van der Waals surface area contributed by atoms with E-state index in [-0.39, 0.29) is 6.04 Å². The van der Waals surface area contributed by atoms with Crippen molar-refractivity contribution in [2.45, 2.75) is 32.7 Å². The highest BCUT2D eigenvalue weighted by Crippen LogP contribution is 2.28. The molecule has 0 saturated heterocycles. The highest BCUT2D eigenvalue weighted by molar-refractivity contribution is 7.91. The summed E-state index contributed by atoms with van der Waals surface area (Å²) < 4.78 is 33.3. The number of thiophene rings is 1. The number of anilines is 1. The van der Waals surface area contributed by atoms with Crippen molar-refractivity contribution in [3.63, 3.8) is 0 Å². The molecule has 2 rings (SSSR count). The van der Waals surface area contributed by atoms with E-state index in [0.29, 0.717) is 22.0 Å². The molecule has 1 aromatic rings. The Balaban J connectivity index is 2.09. The Bertz CT molecular complexity index is 576. The molecular formula is C11H16N2O4S2. The molecule has 8 heteroatoms. The smallest absolute Gasteiger partial charge is 0.348 e. The average molecular weight is 304 g/mol. The Kier molecular flexibility index (Phi) is 4.12. The molecule has 0 radical (unpaired) electrons. The second-order valence-electron chi connectivity index (χ2n) is 4.34. The number of ether oxygens (including phenoxy) is 1. The molecule has 0 aliphatic heterocycles. The monoisotopic (exact) mass is 304 g/mol. The molecule has 0 bridgehead atoms. The Hall–Kier alpha value is -1.12. The van der Waals surface area contributed by atoms with Crippen LogP contribution in [0.1, 0.15) is 35.0 Å². The molecule has 1 heterocycles. The summed E-state index contributed by atoms with van der Waals surface area (Å²) in [6, 6.07) is 1.67. The van der Waals surface area contributed by atoms with Gasteiger partial charge in [-0.3, -0.25) is 4.72 Å². The first-order chi connectivity index (χ1) is 8.91. The largest absolute Gasteiger partial charge is 0.462 e. The van der Waals surface area contributed by atoms with Gasteiger partial charge in [0, 0.05) is 6.04 Å². The SMILES string of the molecule is CCOC(=O)c1sc(NS(=O)(=O)NC2CC2)cc1C. The molecule has 0 aromatic carbocycles. The lowest BCUT2D eigenvalue weighted by Gasteiger charge is -2.05. The minimum absolute atomic E-state index is 0.0445. The third-order valence-corrected chi connectivity index (χ3v) is 4.91. The van der Waals surface area contributed by atoms with Crippen molar-refractivity contribution in [1.29, 1.82) is 0 Å². The van der Waals surface area contributed by atoms with E-state index in [1.807, 2.05) is 0 Å². The van der Waals surface area contributed by atoms with Crippen molar-refractivity contribution in [1.82, 2.24) is 4.72 Å². The molecular weight excluding hydrogens is 288 g/mol. The van der Waals surface area contributed by atoms with Crippen LogP contribution in [0, 0.1) is 6.92 Å². The minimum atomic E-state index is -3.55. The highest BCUT2D eigenvalue weighted by atomic mass is 32.2. The predicted molar refractivity (Wildman–Crippen MR) is 73.7 cm³/mol. The molecule has 0 amide bonds. The summed E-state index contributed by atoms with van der Waals surface area (Å²) >= 11 is 1.08. The number of rotatable bonds is 6. The zero-order valence-electron chi connectivity index (χ0n) is 10.7. The number of esters is 1. The van der Waals surface area contributed by atoms with Gasteiger partial charge >= 0.3 is 5.97 Å². The summed E-state index contributed by atoms with van der Waals surface area (Å²) in [5, 5.41) is 0.411. The maximum absolute atomic E-state index is 11.7. The molecule has 6 nitrogen and oxygen atoms in total. The number of hydrogen-bond donors (Lipinski definition) is 2. The molecule has 1 aliphatic carbocycles. The highest BCUT2D eigenvalue weighted by Gasteiger charge is 2.27. The van der Waals surface area contributed by atoms with Crippen LogP contribution >= 0.6 is 11.3 Å². The fraction of sp³-hybridized carbons (Fsp3) is 0.545. The lowest BCUT2D eigenvalue weighted by Crippen LogP contribution is -2.31. The van der Waals surface area contributed by atoms with Crippen molar-refractivity contribution < 1.29 is 17.9 Å². The van der Waals surface area contributed by atoms with Gasteiger partial charge in [-0.15, -0.1) is 11.3 Å². The first-order valence-electron chi connectivity index (χ1n) is 5.99. The van der Waals surface area contributed by atoms with Crippen LogP contribution in [0.15, 0.2) is 6.07 Å². The normalized spacial score (nSPS) is 15.3. The molecule has 2 N–H and O–H groups in total. The van der Waals surface area contributed by atoms with Crippen molar-refractivity contribution in [3.8, 4) is 0 Å². The second kappa shape index (κ2) is 5.48. The summed E-state index contributed by atoms with van der Waals surface area (Å²) in [5.74, 6) is -0.425. The van der Waals surface area contributed by atoms with E-state index in [1.165, 1.54) is 0 Å². The number of nitrogens with one attached hydrogen (secondary N) is 2. The molecule has 1 aromatic heterocycles. The van der Waals surface area contributed by atoms with Gasteiger partial charge in [-0.1, -0.05) is 0 Å². The Labute approximate surface area is 116 Å². The van der Waals surface area contributed by atoms with Gasteiger partial charge in [0.15, 0.2) is 0 Å². The van der Waals surface area contributed by atoms with Crippen LogP contribution in [0.25, 0.3) is 0 Å². The van der Waals surface area contributed by atoms with E-state index < -0.39 is 16.2 Å². The van der Waals surface area contributed by atoms with E-state index in [4.69, 9.17) is 4.74 Å². The maximum Gasteiger partial charge on any atom is 0.348 e. The molecule has 0 atom stereocenters. The molecule has 0 spiro atoms. The zero-order chi connectivity index (χ0) is 14.0. The van der Waals surface area contributed by atoms with Gasteiger partial charge in [-0.2, -0.15) is 13.1 Å². The van der Waals surface area contributed by atoms with E-state index in [1.54, 1.807) is 19.9 Å². The van der Waals surface area contributed by atoms with Gasteiger partial charge in [0.05, 0.1) is 6.61 Å². The van der Waals surface area contributed by atoms with E-state index in [0.717, 1.165) is 24.2 Å². The summed E-state index contributed by atoms with van der Waals surface area (Å²) in [7, 11) is -3.55. The summed E-state index contributed by atoms with van der Waals surface area (Å²) in [6.45, 7) is 3.76. The van der Waals surface area contributed by atoms with Crippen LogP contribution in [0.2, 0.25) is 0 Å². The fourth-order valence-corrected chi connectivity index (χ4v) is 3.89. The number of carbonyl (C=O) groups is 1. The third kappa shape index (κ3) is 3.92. The van der Waals surface area contributed by atoms with Crippen molar-refractivity contribution >= 4 is 32.5 Å². The summed E-state index contributed by atoms with van der Waals surface area (Å²) in [4.78, 5) is 12.0. The van der Waals surface area contributed by atoms with Crippen LogP contribution in [0.3, 0.4) is 0 Å². The summed E-state index contributed by atoms with van der Waals surface area (Å²) in [6.07, 6.45) is 1.75.